The van der Waals surface area contributed by atoms with Gasteiger partial charge in [0.15, 0.2) is 6.04 Å². The number of ether oxygens (including phenoxy) is 3. The number of hydrogen-bond acceptors (Lipinski definition) is 8. The van der Waals surface area contributed by atoms with Gasteiger partial charge in [0.1, 0.15) is 30.3 Å². The lowest BCUT2D eigenvalue weighted by molar-refractivity contribution is -0.157. The summed E-state index contributed by atoms with van der Waals surface area (Å²) in [5.74, 6) is -4.07. The summed E-state index contributed by atoms with van der Waals surface area (Å²) in [6.07, 6.45) is 3.22. The Labute approximate surface area is 244 Å². The summed E-state index contributed by atoms with van der Waals surface area (Å²) in [5.41, 5.74) is 0.0632. The molecule has 11 nitrogen and oxygen atoms in total. The van der Waals surface area contributed by atoms with Crippen LogP contribution in [0.5, 0.6) is 0 Å². The number of esters is 2. The molecule has 0 saturated carbocycles. The molecular formula is C29H41F2N3O8. The van der Waals surface area contributed by atoms with Crippen LogP contribution in [-0.2, 0) is 39.8 Å². The van der Waals surface area contributed by atoms with Crippen LogP contribution in [0, 0.1) is 17.6 Å². The third-order valence-corrected chi connectivity index (χ3v) is 6.75. The van der Waals surface area contributed by atoms with Crippen molar-refractivity contribution in [3.8, 4) is 0 Å². The zero-order valence-electron chi connectivity index (χ0n) is 24.6. The molecule has 1 aliphatic heterocycles. The number of benzene rings is 1. The van der Waals surface area contributed by atoms with E-state index in [1.807, 2.05) is 0 Å². The van der Waals surface area contributed by atoms with Crippen molar-refractivity contribution in [1.29, 1.82) is 0 Å². The lowest BCUT2D eigenvalue weighted by Gasteiger charge is -2.24. The van der Waals surface area contributed by atoms with Crippen LogP contribution in [0.15, 0.2) is 18.2 Å². The topological polar surface area (TPSA) is 140 Å². The van der Waals surface area contributed by atoms with Gasteiger partial charge in [-0.3, -0.25) is 9.59 Å². The van der Waals surface area contributed by atoms with Crippen molar-refractivity contribution in [3.05, 3.63) is 35.4 Å². The highest BCUT2D eigenvalue weighted by molar-refractivity contribution is 5.90. The average molecular weight is 598 g/mol. The van der Waals surface area contributed by atoms with Gasteiger partial charge < -0.3 is 29.7 Å². The van der Waals surface area contributed by atoms with Gasteiger partial charge in [-0.1, -0.05) is 33.1 Å². The van der Waals surface area contributed by atoms with E-state index in [9.17, 15) is 32.8 Å². The number of methoxy groups -OCH3 is 1. The highest BCUT2D eigenvalue weighted by Gasteiger charge is 2.35. The minimum atomic E-state index is -1.47. The molecule has 3 atom stereocenters. The van der Waals surface area contributed by atoms with Crippen molar-refractivity contribution >= 4 is 29.8 Å². The Hall–Kier alpha value is -3.77. The SMILES string of the molecule is COC(=O)[C@H](COC(=O)C1CCCN1C(C)=O)NC(=O)[C@H](Cc1cc(F)cc(F)c1)NC(=O)OCCCCCC(C)C. The van der Waals surface area contributed by atoms with Gasteiger partial charge in [-0.25, -0.2) is 23.2 Å². The van der Waals surface area contributed by atoms with E-state index in [4.69, 9.17) is 14.2 Å². The Balaban J connectivity index is 2.08. The predicted octanol–water partition coefficient (Wildman–Crippen LogP) is 3.03. The first kappa shape index (κ1) is 34.4. The quantitative estimate of drug-likeness (QED) is 0.179. The van der Waals surface area contributed by atoms with E-state index < -0.39 is 60.3 Å². The summed E-state index contributed by atoms with van der Waals surface area (Å²) in [7, 11) is 1.07. The summed E-state index contributed by atoms with van der Waals surface area (Å²) in [4.78, 5) is 63.9. The van der Waals surface area contributed by atoms with E-state index in [2.05, 4.69) is 24.5 Å². The molecule has 0 spiro atoms. The highest BCUT2D eigenvalue weighted by atomic mass is 19.1. The van der Waals surface area contributed by atoms with Crippen LogP contribution in [0.25, 0.3) is 0 Å². The minimum absolute atomic E-state index is 0.0632. The third-order valence-electron chi connectivity index (χ3n) is 6.75. The molecule has 1 aliphatic rings. The van der Waals surface area contributed by atoms with E-state index in [-0.39, 0.29) is 24.5 Å². The second-order valence-electron chi connectivity index (χ2n) is 10.6. The molecule has 0 radical (unpaired) electrons. The molecule has 13 heteroatoms. The molecule has 0 bridgehead atoms. The number of alkyl carbamates (subject to hydrolysis) is 1. The fourth-order valence-electron chi connectivity index (χ4n) is 4.59. The van der Waals surface area contributed by atoms with Crippen LogP contribution in [0.2, 0.25) is 0 Å². The van der Waals surface area contributed by atoms with E-state index in [0.29, 0.717) is 37.8 Å². The monoisotopic (exact) mass is 597 g/mol. The van der Waals surface area contributed by atoms with Crippen LogP contribution in [0.3, 0.4) is 0 Å². The standard InChI is InChI=1S/C29H41F2N3O8/c1-18(2)9-6-5-7-12-41-29(39)33-23(15-20-13-21(30)16-22(31)14-20)26(36)32-24(27(37)40-4)17-42-28(38)25-10-8-11-34(25)19(3)35/h13-14,16,18,23-25H,5-12,15,17H2,1-4H3,(H,32,36)(H,33,39)/t23-,24-,25?/m0/s1. The second kappa shape index (κ2) is 17.2. The molecule has 1 aromatic carbocycles. The van der Waals surface area contributed by atoms with Crippen LogP contribution in [0.4, 0.5) is 13.6 Å². The fraction of sp³-hybridized carbons (Fsp3) is 0.621. The minimum Gasteiger partial charge on any atom is -0.467 e. The van der Waals surface area contributed by atoms with Gasteiger partial charge in [0.05, 0.1) is 13.7 Å². The summed E-state index contributed by atoms with van der Waals surface area (Å²) in [5, 5.41) is 4.75. The Kier molecular flexibility index (Phi) is 14.1. The molecule has 0 aliphatic carbocycles. The van der Waals surface area contributed by atoms with Crippen molar-refractivity contribution in [2.45, 2.75) is 83.8 Å². The van der Waals surface area contributed by atoms with Crippen LogP contribution in [-0.4, -0.2) is 79.7 Å². The summed E-state index contributed by atoms with van der Waals surface area (Å²) in [6, 6.07) is -1.01. The summed E-state index contributed by atoms with van der Waals surface area (Å²) >= 11 is 0. The average Bonchev–Trinajstić information content (AvgIpc) is 3.42. The van der Waals surface area contributed by atoms with Gasteiger partial charge in [-0.05, 0) is 42.9 Å². The lowest BCUT2D eigenvalue weighted by Crippen LogP contribution is -2.54. The zero-order chi connectivity index (χ0) is 31.2. The van der Waals surface area contributed by atoms with E-state index in [0.717, 1.165) is 38.5 Å². The van der Waals surface area contributed by atoms with E-state index in [1.165, 1.54) is 11.8 Å². The third kappa shape index (κ3) is 11.6. The first-order valence-electron chi connectivity index (χ1n) is 14.1. The molecule has 2 N–H and O–H groups in total. The number of amides is 3. The molecule has 1 saturated heterocycles. The number of nitrogens with one attached hydrogen (secondary N) is 2. The van der Waals surface area contributed by atoms with Gasteiger partial charge in [-0.15, -0.1) is 0 Å². The van der Waals surface area contributed by atoms with Gasteiger partial charge in [0.2, 0.25) is 11.8 Å². The van der Waals surface area contributed by atoms with Gasteiger partial charge in [0, 0.05) is 26.0 Å². The number of rotatable bonds is 15. The maximum absolute atomic E-state index is 13.8. The van der Waals surface area contributed by atoms with Crippen LogP contribution in [0.1, 0.15) is 64.9 Å². The number of hydrogen-bond donors (Lipinski definition) is 2. The number of carbonyl (C=O) groups excluding carboxylic acids is 5. The van der Waals surface area contributed by atoms with Crippen molar-refractivity contribution < 1.29 is 47.0 Å². The van der Waals surface area contributed by atoms with Crippen molar-refractivity contribution in [3.63, 3.8) is 0 Å². The van der Waals surface area contributed by atoms with Crippen molar-refractivity contribution in [2.24, 2.45) is 5.92 Å². The molecule has 42 heavy (non-hydrogen) atoms. The molecule has 1 fully saturated rings. The fourth-order valence-corrected chi connectivity index (χ4v) is 4.59. The number of unbranched alkanes of at least 4 members (excludes halogenated alkanes) is 2. The lowest BCUT2D eigenvalue weighted by atomic mass is 10.0. The number of likely N-dealkylation sites (tertiary alicyclic amines) is 1. The molecule has 1 aromatic rings. The molecule has 1 heterocycles. The zero-order valence-corrected chi connectivity index (χ0v) is 24.6. The Bertz CT molecular complexity index is 1080. The maximum Gasteiger partial charge on any atom is 0.407 e. The Morgan fingerprint density at radius 3 is 2.29 bits per heavy atom. The molecule has 2 rings (SSSR count). The highest BCUT2D eigenvalue weighted by Crippen LogP contribution is 2.19. The molecule has 234 valence electrons. The Morgan fingerprint density at radius 2 is 1.67 bits per heavy atom. The first-order valence-corrected chi connectivity index (χ1v) is 14.1. The maximum atomic E-state index is 13.8. The molecule has 1 unspecified atom stereocenters. The first-order chi connectivity index (χ1) is 19.9. The molecule has 3 amide bonds. The second-order valence-corrected chi connectivity index (χ2v) is 10.6. The largest absolute Gasteiger partial charge is 0.467 e. The van der Waals surface area contributed by atoms with Gasteiger partial charge in [-0.2, -0.15) is 0 Å². The predicted molar refractivity (Wildman–Crippen MR) is 147 cm³/mol. The number of carbonyl (C=O) groups is 5. The van der Waals surface area contributed by atoms with Gasteiger partial charge >= 0.3 is 18.0 Å². The smallest absolute Gasteiger partial charge is 0.407 e. The molecular weight excluding hydrogens is 556 g/mol. The van der Waals surface area contributed by atoms with Crippen molar-refractivity contribution in [1.82, 2.24) is 15.5 Å². The summed E-state index contributed by atoms with van der Waals surface area (Å²) < 4.78 is 42.8. The van der Waals surface area contributed by atoms with Crippen LogP contribution < -0.4 is 10.6 Å². The number of halogens is 2. The number of nitrogens with zero attached hydrogens (tertiary/aromatic N) is 1. The van der Waals surface area contributed by atoms with E-state index >= 15 is 0 Å². The van der Waals surface area contributed by atoms with Gasteiger partial charge in [0.25, 0.3) is 0 Å². The molecule has 0 aromatic heterocycles. The van der Waals surface area contributed by atoms with Crippen LogP contribution >= 0.6 is 0 Å². The Morgan fingerprint density at radius 1 is 0.976 bits per heavy atom. The van der Waals surface area contributed by atoms with Crippen molar-refractivity contribution in [2.75, 3.05) is 26.9 Å². The normalized spacial score (nSPS) is 16.0. The summed E-state index contributed by atoms with van der Waals surface area (Å²) in [6.45, 7) is 5.46. The van der Waals surface area contributed by atoms with E-state index in [1.54, 1.807) is 0 Å².